The summed E-state index contributed by atoms with van der Waals surface area (Å²) in [6, 6.07) is 10.1. The molecule has 0 amide bonds. The van der Waals surface area contributed by atoms with Gasteiger partial charge in [-0.15, -0.1) is 0 Å². The Morgan fingerprint density at radius 1 is 0.931 bits per heavy atom. The topological polar surface area (TPSA) is 83.5 Å². The molecule has 0 unspecified atom stereocenters. The van der Waals surface area contributed by atoms with Gasteiger partial charge in [0.1, 0.15) is 11.5 Å². The fraction of sp³-hybridized carbons (Fsp3) is 0.318. The molecule has 2 aromatic carbocycles. The first-order valence-corrected chi connectivity index (χ1v) is 9.18. The second-order valence-electron chi connectivity index (χ2n) is 6.01. The number of methoxy groups -OCH3 is 3. The zero-order valence-corrected chi connectivity index (χ0v) is 17.1. The quantitative estimate of drug-likeness (QED) is 0.339. The number of rotatable bonds is 11. The maximum absolute atomic E-state index is 11.7. The number of aliphatic carboxylic acids is 1. The molecule has 0 heterocycles. The first-order chi connectivity index (χ1) is 14.0. The van der Waals surface area contributed by atoms with Crippen molar-refractivity contribution >= 4 is 12.0 Å². The van der Waals surface area contributed by atoms with Crippen LogP contribution in [0.3, 0.4) is 0 Å². The molecular formula is C22H26O7. The lowest BCUT2D eigenvalue weighted by Gasteiger charge is -2.14. The Morgan fingerprint density at radius 2 is 1.59 bits per heavy atom. The van der Waals surface area contributed by atoms with E-state index in [0.717, 1.165) is 12.8 Å². The number of benzene rings is 2. The zero-order valence-electron chi connectivity index (χ0n) is 17.1. The molecule has 0 saturated carbocycles. The molecule has 0 aliphatic carbocycles. The normalized spacial score (nSPS) is 11.0. The highest BCUT2D eigenvalue weighted by Gasteiger charge is 2.18. The van der Waals surface area contributed by atoms with E-state index in [2.05, 4.69) is 6.92 Å². The van der Waals surface area contributed by atoms with Crippen molar-refractivity contribution in [1.29, 1.82) is 0 Å². The molecule has 0 aliphatic heterocycles. The van der Waals surface area contributed by atoms with Crippen molar-refractivity contribution in [2.75, 3.05) is 27.9 Å². The molecule has 29 heavy (non-hydrogen) atoms. The van der Waals surface area contributed by atoms with Crippen LogP contribution in [-0.4, -0.2) is 39.0 Å². The fourth-order valence-electron chi connectivity index (χ4n) is 2.58. The van der Waals surface area contributed by atoms with E-state index in [1.165, 1.54) is 27.4 Å². The number of hydrogen-bond donors (Lipinski definition) is 1. The Balaban J connectivity index is 2.28. The smallest absolute Gasteiger partial charge is 0.371 e. The molecule has 7 nitrogen and oxygen atoms in total. The summed E-state index contributed by atoms with van der Waals surface area (Å²) in [7, 11) is 4.45. The standard InChI is InChI=1S/C22H26O7/c1-5-6-13-28-16-8-10-17(11-9-16)29-19(22(23)24)14-15-7-12-18(25-2)21(27-4)20(15)26-3/h7-12,14H,5-6,13H2,1-4H3,(H,23,24). The van der Waals surface area contributed by atoms with Crippen LogP contribution in [-0.2, 0) is 4.79 Å². The predicted octanol–water partition coefficient (Wildman–Crippen LogP) is 4.40. The van der Waals surface area contributed by atoms with Crippen molar-refractivity contribution in [3.8, 4) is 28.7 Å². The molecule has 0 radical (unpaired) electrons. The van der Waals surface area contributed by atoms with Crippen LogP contribution in [0, 0.1) is 0 Å². The second-order valence-corrected chi connectivity index (χ2v) is 6.01. The van der Waals surface area contributed by atoms with Crippen molar-refractivity contribution in [3.63, 3.8) is 0 Å². The summed E-state index contributed by atoms with van der Waals surface area (Å²) in [5.41, 5.74) is 0.474. The van der Waals surface area contributed by atoms with Gasteiger partial charge >= 0.3 is 5.97 Å². The first-order valence-electron chi connectivity index (χ1n) is 9.18. The van der Waals surface area contributed by atoms with E-state index in [9.17, 15) is 9.90 Å². The summed E-state index contributed by atoms with van der Waals surface area (Å²) < 4.78 is 27.1. The van der Waals surface area contributed by atoms with Gasteiger partial charge in [0.2, 0.25) is 11.5 Å². The Hall–Kier alpha value is -3.35. The first kappa shape index (κ1) is 21.9. The van der Waals surface area contributed by atoms with Gasteiger partial charge in [0.05, 0.1) is 27.9 Å². The van der Waals surface area contributed by atoms with Gasteiger partial charge in [0.15, 0.2) is 11.5 Å². The number of ether oxygens (including phenoxy) is 5. The van der Waals surface area contributed by atoms with Crippen molar-refractivity contribution in [3.05, 3.63) is 47.7 Å². The molecule has 1 N–H and O–H groups in total. The Kier molecular flexibility index (Phi) is 8.21. The van der Waals surface area contributed by atoms with Crippen molar-refractivity contribution in [1.82, 2.24) is 0 Å². The molecule has 156 valence electrons. The van der Waals surface area contributed by atoms with Crippen LogP contribution in [0.1, 0.15) is 25.3 Å². The van der Waals surface area contributed by atoms with Crippen LogP contribution in [0.2, 0.25) is 0 Å². The largest absolute Gasteiger partial charge is 0.494 e. The van der Waals surface area contributed by atoms with Gasteiger partial charge in [-0.1, -0.05) is 13.3 Å². The van der Waals surface area contributed by atoms with Gasteiger partial charge < -0.3 is 28.8 Å². The molecule has 0 aliphatic rings. The number of carbonyl (C=O) groups is 1. The Bertz CT molecular complexity index is 841. The maximum atomic E-state index is 11.7. The van der Waals surface area contributed by atoms with Crippen LogP contribution in [0.15, 0.2) is 42.2 Å². The summed E-state index contributed by atoms with van der Waals surface area (Å²) in [6.45, 7) is 2.73. The third-order valence-corrected chi connectivity index (χ3v) is 4.05. The monoisotopic (exact) mass is 402 g/mol. The zero-order chi connectivity index (χ0) is 21.2. The molecule has 2 rings (SSSR count). The van der Waals surface area contributed by atoms with Gasteiger partial charge in [-0.25, -0.2) is 4.79 Å². The summed E-state index contributed by atoms with van der Waals surface area (Å²) in [6.07, 6.45) is 3.39. The molecule has 2 aromatic rings. The van der Waals surface area contributed by atoms with E-state index in [1.54, 1.807) is 36.4 Å². The van der Waals surface area contributed by atoms with E-state index >= 15 is 0 Å². The highest BCUT2D eigenvalue weighted by atomic mass is 16.5. The lowest BCUT2D eigenvalue weighted by molar-refractivity contribution is -0.134. The third-order valence-electron chi connectivity index (χ3n) is 4.05. The van der Waals surface area contributed by atoms with Gasteiger partial charge in [-0.05, 0) is 48.9 Å². The molecule has 0 bridgehead atoms. The average Bonchev–Trinajstić information content (AvgIpc) is 2.73. The second kappa shape index (κ2) is 10.8. The van der Waals surface area contributed by atoms with Crippen molar-refractivity contribution in [2.45, 2.75) is 19.8 Å². The average molecular weight is 402 g/mol. The minimum atomic E-state index is -1.22. The van der Waals surface area contributed by atoms with Crippen molar-refractivity contribution < 1.29 is 33.6 Å². The highest BCUT2D eigenvalue weighted by Crippen LogP contribution is 2.40. The van der Waals surface area contributed by atoms with Crippen LogP contribution in [0.5, 0.6) is 28.7 Å². The summed E-state index contributed by atoms with van der Waals surface area (Å²) in [5, 5.41) is 9.57. The predicted molar refractivity (Wildman–Crippen MR) is 109 cm³/mol. The van der Waals surface area contributed by atoms with Gasteiger partial charge in [0, 0.05) is 5.56 Å². The molecule has 0 atom stereocenters. The van der Waals surface area contributed by atoms with Gasteiger partial charge in [0.25, 0.3) is 0 Å². The summed E-state index contributed by atoms with van der Waals surface area (Å²) in [4.78, 5) is 11.7. The SMILES string of the molecule is CCCCOc1ccc(OC(=Cc2ccc(OC)c(OC)c2OC)C(=O)O)cc1. The summed E-state index contributed by atoms with van der Waals surface area (Å²) in [5.74, 6) is 0.767. The van der Waals surface area contributed by atoms with Crippen LogP contribution >= 0.6 is 0 Å². The molecule has 0 spiro atoms. The van der Waals surface area contributed by atoms with E-state index in [0.29, 0.717) is 40.9 Å². The fourth-order valence-corrected chi connectivity index (χ4v) is 2.58. The number of carboxylic acids is 1. The molecular weight excluding hydrogens is 376 g/mol. The van der Waals surface area contributed by atoms with E-state index in [4.69, 9.17) is 23.7 Å². The van der Waals surface area contributed by atoms with Gasteiger partial charge in [-0.2, -0.15) is 0 Å². The maximum Gasteiger partial charge on any atom is 0.371 e. The molecule has 0 saturated heterocycles. The van der Waals surface area contributed by atoms with Crippen molar-refractivity contribution in [2.24, 2.45) is 0 Å². The van der Waals surface area contributed by atoms with Crippen LogP contribution in [0.4, 0.5) is 0 Å². The lowest BCUT2D eigenvalue weighted by Crippen LogP contribution is -2.08. The van der Waals surface area contributed by atoms with Gasteiger partial charge in [-0.3, -0.25) is 0 Å². The number of hydrogen-bond acceptors (Lipinski definition) is 6. The number of unbranched alkanes of at least 4 members (excludes halogenated alkanes) is 1. The van der Waals surface area contributed by atoms with E-state index in [1.807, 2.05) is 0 Å². The van der Waals surface area contributed by atoms with Crippen LogP contribution in [0.25, 0.3) is 6.08 Å². The van der Waals surface area contributed by atoms with Crippen LogP contribution < -0.4 is 23.7 Å². The third kappa shape index (κ3) is 5.81. The molecule has 0 aromatic heterocycles. The Morgan fingerprint density at radius 3 is 2.14 bits per heavy atom. The van der Waals surface area contributed by atoms with E-state index in [-0.39, 0.29) is 5.76 Å². The van der Waals surface area contributed by atoms with E-state index < -0.39 is 5.97 Å². The highest BCUT2D eigenvalue weighted by molar-refractivity contribution is 5.91. The minimum absolute atomic E-state index is 0.268. The Labute approximate surface area is 170 Å². The lowest BCUT2D eigenvalue weighted by atomic mass is 10.1. The number of carboxylic acid groups (broad SMARTS) is 1. The summed E-state index contributed by atoms with van der Waals surface area (Å²) >= 11 is 0. The minimum Gasteiger partial charge on any atom is -0.494 e. The molecule has 7 heteroatoms. The molecule has 0 fully saturated rings.